The first kappa shape index (κ1) is 21.0. The minimum Gasteiger partial charge on any atom is -0.353 e. The van der Waals surface area contributed by atoms with Crippen LogP contribution in [0.4, 0.5) is 4.79 Å². The second kappa shape index (κ2) is 10.7. The van der Waals surface area contributed by atoms with E-state index in [0.717, 1.165) is 44.5 Å². The van der Waals surface area contributed by atoms with E-state index < -0.39 is 0 Å². The van der Waals surface area contributed by atoms with Gasteiger partial charge in [0.2, 0.25) is 5.91 Å². The summed E-state index contributed by atoms with van der Waals surface area (Å²) in [5.41, 5.74) is 2.51. The fourth-order valence-electron chi connectivity index (χ4n) is 3.95. The van der Waals surface area contributed by atoms with Crippen LogP contribution in [0.5, 0.6) is 0 Å². The number of hydrogen-bond donors (Lipinski definition) is 2. The molecule has 0 radical (unpaired) electrons. The molecule has 3 rings (SSSR count). The van der Waals surface area contributed by atoms with Gasteiger partial charge in [-0.1, -0.05) is 49.1 Å². The molecule has 2 N–H and O–H groups in total. The molecule has 0 spiro atoms. The lowest BCUT2D eigenvalue weighted by Crippen LogP contribution is -2.51. The second-order valence-electron chi connectivity index (χ2n) is 8.09. The molecule has 3 amide bonds. The Morgan fingerprint density at radius 3 is 2.29 bits per heavy atom. The van der Waals surface area contributed by atoms with E-state index in [1.54, 1.807) is 11.8 Å². The van der Waals surface area contributed by atoms with Crippen molar-refractivity contribution in [2.24, 2.45) is 0 Å². The molecule has 5 nitrogen and oxygen atoms in total. The van der Waals surface area contributed by atoms with Gasteiger partial charge in [0.05, 0.1) is 5.75 Å². The lowest BCUT2D eigenvalue weighted by molar-refractivity contribution is -0.119. The third kappa shape index (κ3) is 6.73. The summed E-state index contributed by atoms with van der Waals surface area (Å²) in [7, 11) is 0. The number of rotatable bonds is 6. The van der Waals surface area contributed by atoms with Gasteiger partial charge in [0.15, 0.2) is 0 Å². The molecule has 1 aliphatic carbocycles. The highest BCUT2D eigenvalue weighted by Crippen LogP contribution is 2.18. The number of nitrogens with one attached hydrogen (secondary N) is 2. The number of benzene rings is 1. The number of carbonyl (C=O) groups excluding carboxylic acids is 2. The Kier molecular flexibility index (Phi) is 8.07. The fourth-order valence-corrected chi connectivity index (χ4v) is 4.75. The first-order valence-electron chi connectivity index (χ1n) is 10.6. The molecule has 0 bridgehead atoms. The van der Waals surface area contributed by atoms with Crippen LogP contribution in [0.2, 0.25) is 0 Å². The number of amides is 3. The first-order chi connectivity index (χ1) is 13.6. The summed E-state index contributed by atoms with van der Waals surface area (Å²) in [6.07, 6.45) is 7.64. The molecular weight excluding hydrogens is 370 g/mol. The van der Waals surface area contributed by atoms with Crippen LogP contribution < -0.4 is 10.6 Å². The van der Waals surface area contributed by atoms with Crippen LogP contribution in [-0.2, 0) is 10.5 Å². The van der Waals surface area contributed by atoms with E-state index in [0.29, 0.717) is 11.8 Å². The zero-order valence-corrected chi connectivity index (χ0v) is 17.7. The van der Waals surface area contributed by atoms with Crippen molar-refractivity contribution in [1.82, 2.24) is 15.5 Å². The summed E-state index contributed by atoms with van der Waals surface area (Å²) in [5.74, 6) is 1.44. The standard InChI is InChI=1S/C22H33N3O2S/c1-17-7-9-18(10-8-17)15-28-16-21(26)23-20-11-13-25(14-12-20)22(27)24-19-5-3-2-4-6-19/h7-10,19-20H,2-6,11-16H2,1H3,(H,23,26)(H,24,27). The van der Waals surface area contributed by atoms with Crippen LogP contribution in [0.1, 0.15) is 56.1 Å². The van der Waals surface area contributed by atoms with Crippen molar-refractivity contribution in [3.63, 3.8) is 0 Å². The number of likely N-dealkylation sites (tertiary alicyclic amines) is 1. The van der Waals surface area contributed by atoms with Gasteiger partial charge >= 0.3 is 6.03 Å². The first-order valence-corrected chi connectivity index (χ1v) is 11.7. The number of thioether (sulfide) groups is 1. The van der Waals surface area contributed by atoms with Gasteiger partial charge in [0, 0.05) is 30.9 Å². The van der Waals surface area contributed by atoms with E-state index in [1.807, 2.05) is 4.90 Å². The van der Waals surface area contributed by atoms with Crippen LogP contribution in [0.15, 0.2) is 24.3 Å². The molecule has 6 heteroatoms. The van der Waals surface area contributed by atoms with Crippen molar-refractivity contribution in [2.45, 2.75) is 69.7 Å². The predicted octanol–water partition coefficient (Wildman–Crippen LogP) is 3.85. The van der Waals surface area contributed by atoms with E-state index in [2.05, 4.69) is 41.8 Å². The van der Waals surface area contributed by atoms with E-state index >= 15 is 0 Å². The van der Waals surface area contributed by atoms with Gasteiger partial charge in [-0.2, -0.15) is 0 Å². The van der Waals surface area contributed by atoms with Crippen LogP contribution in [-0.4, -0.2) is 47.8 Å². The van der Waals surface area contributed by atoms with Crippen molar-refractivity contribution < 1.29 is 9.59 Å². The van der Waals surface area contributed by atoms with Crippen LogP contribution in [0.3, 0.4) is 0 Å². The summed E-state index contributed by atoms with van der Waals surface area (Å²) < 4.78 is 0. The number of piperidine rings is 1. The zero-order chi connectivity index (χ0) is 19.8. The number of carbonyl (C=O) groups is 2. The van der Waals surface area contributed by atoms with Gasteiger partial charge in [-0.15, -0.1) is 11.8 Å². The number of nitrogens with zero attached hydrogens (tertiary/aromatic N) is 1. The summed E-state index contributed by atoms with van der Waals surface area (Å²) in [5, 5.41) is 6.32. The van der Waals surface area contributed by atoms with Gasteiger partial charge in [-0.25, -0.2) is 4.79 Å². The minimum absolute atomic E-state index is 0.0744. The number of urea groups is 1. The normalized spacial score (nSPS) is 18.7. The SMILES string of the molecule is Cc1ccc(CSCC(=O)NC2CCN(C(=O)NC3CCCCC3)CC2)cc1. The maximum absolute atomic E-state index is 12.4. The van der Waals surface area contributed by atoms with Crippen LogP contribution in [0, 0.1) is 6.92 Å². The van der Waals surface area contributed by atoms with Gasteiger partial charge in [0.1, 0.15) is 0 Å². The van der Waals surface area contributed by atoms with E-state index in [1.165, 1.54) is 30.4 Å². The highest BCUT2D eigenvalue weighted by molar-refractivity contribution is 7.99. The molecule has 1 saturated heterocycles. The molecule has 2 fully saturated rings. The maximum Gasteiger partial charge on any atom is 0.317 e. The molecule has 1 saturated carbocycles. The monoisotopic (exact) mass is 403 g/mol. The van der Waals surface area contributed by atoms with Gasteiger partial charge in [-0.3, -0.25) is 4.79 Å². The van der Waals surface area contributed by atoms with E-state index in [4.69, 9.17) is 0 Å². The Bertz CT molecular complexity index is 636. The fraction of sp³-hybridized carbons (Fsp3) is 0.636. The molecule has 0 atom stereocenters. The summed E-state index contributed by atoms with van der Waals surface area (Å²) >= 11 is 1.65. The van der Waals surface area contributed by atoms with Crippen LogP contribution >= 0.6 is 11.8 Å². The number of hydrogen-bond acceptors (Lipinski definition) is 3. The Balaban J connectivity index is 1.30. The van der Waals surface area contributed by atoms with Crippen molar-refractivity contribution in [2.75, 3.05) is 18.8 Å². The molecular formula is C22H33N3O2S. The summed E-state index contributed by atoms with van der Waals surface area (Å²) in [6.45, 7) is 3.52. The molecule has 28 heavy (non-hydrogen) atoms. The lowest BCUT2D eigenvalue weighted by Gasteiger charge is -2.34. The third-order valence-corrected chi connectivity index (χ3v) is 6.71. The quantitative estimate of drug-likeness (QED) is 0.758. The molecule has 1 aromatic rings. The Morgan fingerprint density at radius 1 is 0.964 bits per heavy atom. The molecule has 0 aromatic heterocycles. The largest absolute Gasteiger partial charge is 0.353 e. The molecule has 1 heterocycles. The van der Waals surface area contributed by atoms with Crippen molar-refractivity contribution in [3.8, 4) is 0 Å². The highest BCUT2D eigenvalue weighted by Gasteiger charge is 2.25. The minimum atomic E-state index is 0.0744. The maximum atomic E-state index is 12.4. The highest BCUT2D eigenvalue weighted by atomic mass is 32.2. The van der Waals surface area contributed by atoms with Crippen molar-refractivity contribution in [1.29, 1.82) is 0 Å². The van der Waals surface area contributed by atoms with E-state index in [-0.39, 0.29) is 18.0 Å². The topological polar surface area (TPSA) is 61.4 Å². The average Bonchev–Trinajstić information content (AvgIpc) is 2.71. The Morgan fingerprint density at radius 2 is 1.61 bits per heavy atom. The summed E-state index contributed by atoms with van der Waals surface area (Å²) in [6, 6.07) is 9.06. The second-order valence-corrected chi connectivity index (χ2v) is 9.08. The van der Waals surface area contributed by atoms with Gasteiger partial charge in [0.25, 0.3) is 0 Å². The molecule has 1 aliphatic heterocycles. The molecule has 154 valence electrons. The third-order valence-electron chi connectivity index (χ3n) is 5.70. The lowest BCUT2D eigenvalue weighted by atomic mass is 9.95. The van der Waals surface area contributed by atoms with Gasteiger partial charge < -0.3 is 15.5 Å². The van der Waals surface area contributed by atoms with Crippen molar-refractivity contribution in [3.05, 3.63) is 35.4 Å². The molecule has 2 aliphatic rings. The predicted molar refractivity (Wildman–Crippen MR) is 115 cm³/mol. The Hall–Kier alpha value is -1.69. The van der Waals surface area contributed by atoms with Gasteiger partial charge in [-0.05, 0) is 38.2 Å². The molecule has 1 aromatic carbocycles. The smallest absolute Gasteiger partial charge is 0.317 e. The number of aryl methyl sites for hydroxylation is 1. The Labute approximate surface area is 173 Å². The zero-order valence-electron chi connectivity index (χ0n) is 16.9. The summed E-state index contributed by atoms with van der Waals surface area (Å²) in [4.78, 5) is 26.5. The van der Waals surface area contributed by atoms with Crippen LogP contribution in [0.25, 0.3) is 0 Å². The molecule has 0 unspecified atom stereocenters. The van der Waals surface area contributed by atoms with E-state index in [9.17, 15) is 9.59 Å². The average molecular weight is 404 g/mol. The van der Waals surface area contributed by atoms with Crippen molar-refractivity contribution >= 4 is 23.7 Å².